The Labute approximate surface area is 175 Å². The Balaban J connectivity index is 1.83. The van der Waals surface area contributed by atoms with Gasteiger partial charge in [-0.3, -0.25) is 9.59 Å². The number of ether oxygens (including phenoxy) is 2. The molecule has 29 heavy (non-hydrogen) atoms. The molecule has 0 saturated carbocycles. The first-order chi connectivity index (χ1) is 13.6. The molecule has 0 saturated heterocycles. The van der Waals surface area contributed by atoms with Crippen LogP contribution in [0.5, 0.6) is 5.75 Å². The van der Waals surface area contributed by atoms with Gasteiger partial charge in [0.1, 0.15) is 5.75 Å². The zero-order chi connectivity index (χ0) is 21.6. The number of nitrogens with one attached hydrogen (secondary N) is 1. The average Bonchev–Trinajstić information content (AvgIpc) is 3.12. The molecule has 0 bridgehead atoms. The minimum absolute atomic E-state index is 0.0387. The Bertz CT molecular complexity index is 864. The summed E-state index contributed by atoms with van der Waals surface area (Å²) in [5.74, 6) is -0.468. The number of hydrogen-bond acceptors (Lipinski definition) is 6. The van der Waals surface area contributed by atoms with E-state index in [0.29, 0.717) is 17.2 Å². The van der Waals surface area contributed by atoms with Gasteiger partial charge in [0, 0.05) is 11.8 Å². The number of thiophene rings is 1. The van der Waals surface area contributed by atoms with Gasteiger partial charge in [-0.25, -0.2) is 4.79 Å². The van der Waals surface area contributed by atoms with Gasteiger partial charge in [0.25, 0.3) is 0 Å². The number of esters is 1. The van der Waals surface area contributed by atoms with Crippen LogP contribution in [0.2, 0.25) is 0 Å². The molecular formula is C22H27NO5S. The average molecular weight is 418 g/mol. The second kappa shape index (κ2) is 9.69. The topological polar surface area (TPSA) is 81.7 Å². The molecular weight excluding hydrogens is 390 g/mol. The Morgan fingerprint density at radius 2 is 1.72 bits per heavy atom. The summed E-state index contributed by atoms with van der Waals surface area (Å²) in [6.07, 6.45) is -0.915. The van der Waals surface area contributed by atoms with Gasteiger partial charge in [0.05, 0.1) is 11.4 Å². The van der Waals surface area contributed by atoms with Gasteiger partial charge in [-0.1, -0.05) is 32.9 Å². The molecule has 0 fully saturated rings. The minimum Gasteiger partial charge on any atom is -0.482 e. The molecule has 1 aromatic carbocycles. The maximum Gasteiger partial charge on any atom is 0.344 e. The molecule has 1 N–H and O–H groups in total. The van der Waals surface area contributed by atoms with E-state index in [9.17, 15) is 14.4 Å². The highest BCUT2D eigenvalue weighted by Crippen LogP contribution is 2.24. The van der Waals surface area contributed by atoms with E-state index in [-0.39, 0.29) is 23.7 Å². The van der Waals surface area contributed by atoms with Crippen LogP contribution in [0.1, 0.15) is 54.7 Å². The van der Waals surface area contributed by atoms with Crippen LogP contribution in [0.15, 0.2) is 36.4 Å². The summed E-state index contributed by atoms with van der Waals surface area (Å²) in [7, 11) is 0. The fraction of sp³-hybridized carbons (Fsp3) is 0.409. The quantitative estimate of drug-likeness (QED) is 0.521. The molecule has 6 nitrogen and oxygen atoms in total. The maximum atomic E-state index is 12.4. The summed E-state index contributed by atoms with van der Waals surface area (Å²) in [5.41, 5.74) is 1.21. The summed E-state index contributed by atoms with van der Waals surface area (Å²) >= 11 is 1.27. The summed E-state index contributed by atoms with van der Waals surface area (Å²) in [6.45, 7) is 9.42. The Kier molecular flexibility index (Phi) is 7.56. The molecule has 0 spiro atoms. The Morgan fingerprint density at radius 1 is 1.07 bits per heavy atom. The number of benzene rings is 1. The summed E-state index contributed by atoms with van der Waals surface area (Å²) in [4.78, 5) is 36.8. The van der Waals surface area contributed by atoms with Gasteiger partial charge in [0.2, 0.25) is 11.7 Å². The summed E-state index contributed by atoms with van der Waals surface area (Å²) < 4.78 is 10.7. The van der Waals surface area contributed by atoms with Crippen molar-refractivity contribution in [1.29, 1.82) is 0 Å². The fourth-order valence-electron chi connectivity index (χ4n) is 2.50. The van der Waals surface area contributed by atoms with E-state index < -0.39 is 12.1 Å². The van der Waals surface area contributed by atoms with E-state index in [1.165, 1.54) is 30.7 Å². The molecule has 1 amide bonds. The number of carbonyl (C=O) groups excluding carboxylic acids is 3. The highest BCUT2D eigenvalue weighted by atomic mass is 32.1. The Hall–Kier alpha value is -2.67. The molecule has 0 aliphatic heterocycles. The van der Waals surface area contributed by atoms with Crippen LogP contribution in [-0.4, -0.2) is 30.4 Å². The van der Waals surface area contributed by atoms with E-state index in [1.807, 2.05) is 24.3 Å². The van der Waals surface area contributed by atoms with Crippen LogP contribution < -0.4 is 10.1 Å². The van der Waals surface area contributed by atoms with Crippen LogP contribution in [0.3, 0.4) is 0 Å². The second-order valence-corrected chi connectivity index (χ2v) is 8.90. The van der Waals surface area contributed by atoms with Crippen LogP contribution in [0.25, 0.3) is 0 Å². The molecule has 7 heteroatoms. The normalized spacial score (nSPS) is 12.2. The lowest BCUT2D eigenvalue weighted by molar-refractivity contribution is -0.148. The first-order valence-electron chi connectivity index (χ1n) is 9.36. The van der Waals surface area contributed by atoms with Crippen molar-refractivity contribution >= 4 is 29.0 Å². The van der Waals surface area contributed by atoms with Crippen molar-refractivity contribution in [1.82, 2.24) is 5.32 Å². The van der Waals surface area contributed by atoms with Crippen LogP contribution in [-0.2, 0) is 26.3 Å². The third-order valence-electron chi connectivity index (χ3n) is 4.17. The molecule has 1 atom stereocenters. The van der Waals surface area contributed by atoms with Gasteiger partial charge in [-0.05, 0) is 42.2 Å². The molecule has 1 heterocycles. The third-order valence-corrected chi connectivity index (χ3v) is 5.27. The maximum absolute atomic E-state index is 12.4. The first-order valence-corrected chi connectivity index (χ1v) is 10.2. The summed E-state index contributed by atoms with van der Waals surface area (Å²) in [5, 5.41) is 2.68. The molecule has 156 valence electrons. The second-order valence-electron chi connectivity index (χ2n) is 7.74. The highest BCUT2D eigenvalue weighted by molar-refractivity contribution is 7.14. The van der Waals surface area contributed by atoms with Crippen molar-refractivity contribution in [2.45, 2.75) is 52.7 Å². The summed E-state index contributed by atoms with van der Waals surface area (Å²) in [6, 6.07) is 11.0. The molecule has 0 aliphatic rings. The Morgan fingerprint density at radius 3 is 2.31 bits per heavy atom. The standard InChI is InChI=1S/C22H27NO5S/c1-14(21(26)19-11-10-18(29-19)12-23-15(2)24)28-20(25)13-27-17-8-6-16(7-9-17)22(3,4)5/h6-11,14H,12-13H2,1-5H3,(H,23,24). The van der Waals surface area contributed by atoms with Crippen molar-refractivity contribution in [3.05, 3.63) is 51.7 Å². The lowest BCUT2D eigenvalue weighted by atomic mass is 9.87. The van der Waals surface area contributed by atoms with Crippen LogP contribution in [0.4, 0.5) is 0 Å². The molecule has 0 radical (unpaired) electrons. The van der Waals surface area contributed by atoms with Gasteiger partial charge in [-0.2, -0.15) is 0 Å². The number of Topliss-reactive ketones (excluding diaryl/α,β-unsaturated/α-hetero) is 1. The van der Waals surface area contributed by atoms with Crippen LogP contribution >= 0.6 is 11.3 Å². The van der Waals surface area contributed by atoms with Crippen molar-refractivity contribution < 1.29 is 23.9 Å². The van der Waals surface area contributed by atoms with E-state index in [4.69, 9.17) is 9.47 Å². The lowest BCUT2D eigenvalue weighted by Crippen LogP contribution is -2.26. The van der Waals surface area contributed by atoms with Gasteiger partial charge in [0.15, 0.2) is 12.7 Å². The SMILES string of the molecule is CC(=O)NCc1ccc(C(=O)C(C)OC(=O)COc2ccc(C(C)(C)C)cc2)s1. The molecule has 2 aromatic rings. The van der Waals surface area contributed by atoms with Gasteiger partial charge < -0.3 is 14.8 Å². The third kappa shape index (κ3) is 7.02. The van der Waals surface area contributed by atoms with Gasteiger partial charge in [-0.15, -0.1) is 11.3 Å². The van der Waals surface area contributed by atoms with E-state index in [1.54, 1.807) is 12.1 Å². The highest BCUT2D eigenvalue weighted by Gasteiger charge is 2.21. The minimum atomic E-state index is -0.915. The van der Waals surface area contributed by atoms with Crippen molar-refractivity contribution in [3.63, 3.8) is 0 Å². The fourth-order valence-corrected chi connectivity index (χ4v) is 3.46. The van der Waals surface area contributed by atoms with Crippen molar-refractivity contribution in [2.75, 3.05) is 6.61 Å². The first kappa shape index (κ1) is 22.6. The monoisotopic (exact) mass is 417 g/mol. The van der Waals surface area contributed by atoms with E-state index in [2.05, 4.69) is 26.1 Å². The predicted octanol–water partition coefficient (Wildman–Crippen LogP) is 3.88. The number of hydrogen-bond donors (Lipinski definition) is 1. The predicted molar refractivity (Wildman–Crippen MR) is 112 cm³/mol. The molecule has 2 rings (SSSR count). The van der Waals surface area contributed by atoms with Crippen molar-refractivity contribution in [2.24, 2.45) is 0 Å². The number of ketones is 1. The van der Waals surface area contributed by atoms with E-state index >= 15 is 0 Å². The smallest absolute Gasteiger partial charge is 0.344 e. The molecule has 1 unspecified atom stereocenters. The zero-order valence-electron chi connectivity index (χ0n) is 17.4. The number of rotatable bonds is 8. The van der Waals surface area contributed by atoms with E-state index in [0.717, 1.165) is 4.88 Å². The zero-order valence-corrected chi connectivity index (χ0v) is 18.2. The van der Waals surface area contributed by atoms with Crippen LogP contribution in [0, 0.1) is 0 Å². The molecule has 0 aliphatic carbocycles. The number of carbonyl (C=O) groups is 3. The molecule has 1 aromatic heterocycles. The number of amides is 1. The van der Waals surface area contributed by atoms with Crippen molar-refractivity contribution in [3.8, 4) is 5.75 Å². The largest absolute Gasteiger partial charge is 0.482 e. The lowest BCUT2D eigenvalue weighted by Gasteiger charge is -2.19. The van der Waals surface area contributed by atoms with Gasteiger partial charge >= 0.3 is 5.97 Å².